The minimum absolute atomic E-state index is 0.0475. The summed E-state index contributed by atoms with van der Waals surface area (Å²) >= 11 is 0. The molecule has 0 aromatic heterocycles. The van der Waals surface area contributed by atoms with Gasteiger partial charge >= 0.3 is 5.97 Å². The van der Waals surface area contributed by atoms with Crippen LogP contribution in [0, 0.1) is 57.7 Å². The fraction of sp³-hybridized carbons (Fsp3) is 0.821. The average Bonchev–Trinajstić information content (AvgIpc) is 2.99. The molecule has 5 nitrogen and oxygen atoms in total. The zero-order valence-corrected chi connectivity index (χ0v) is 21.2. The standard InChI is InChI=1S/C28H41NO4/c1-15(2)14-29-23(30)21-17-12-20-26(5)9-7-10-27(6,25(32)33)19(26)8-11-28(20,22(21)24(29)31)13-18(17)16(3)4/h13,15-17,19-22H,7-12,14H2,1-6H3,(H,32,33). The highest BCUT2D eigenvalue weighted by Crippen LogP contribution is 2.74. The molecule has 6 rings (SSSR count). The van der Waals surface area contributed by atoms with E-state index in [1.54, 1.807) is 4.90 Å². The number of carboxylic acid groups (broad SMARTS) is 1. The molecule has 33 heavy (non-hydrogen) atoms. The van der Waals surface area contributed by atoms with E-state index < -0.39 is 11.4 Å². The van der Waals surface area contributed by atoms with Gasteiger partial charge in [-0.2, -0.15) is 0 Å². The molecule has 1 spiro atoms. The summed E-state index contributed by atoms with van der Waals surface area (Å²) in [6, 6.07) is 0. The summed E-state index contributed by atoms with van der Waals surface area (Å²) in [7, 11) is 0. The van der Waals surface area contributed by atoms with E-state index in [4.69, 9.17) is 0 Å². The van der Waals surface area contributed by atoms with Gasteiger partial charge in [-0.15, -0.1) is 0 Å². The van der Waals surface area contributed by atoms with Crippen LogP contribution in [0.4, 0.5) is 0 Å². The summed E-state index contributed by atoms with van der Waals surface area (Å²) in [6.45, 7) is 13.4. The Morgan fingerprint density at radius 1 is 1.09 bits per heavy atom. The molecule has 0 aromatic rings. The van der Waals surface area contributed by atoms with Crippen molar-refractivity contribution in [3.63, 3.8) is 0 Å². The number of amides is 2. The summed E-state index contributed by atoms with van der Waals surface area (Å²) in [4.78, 5) is 41.6. The highest BCUT2D eigenvalue weighted by atomic mass is 16.4. The molecule has 2 amide bonds. The van der Waals surface area contributed by atoms with Crippen molar-refractivity contribution in [2.24, 2.45) is 57.7 Å². The van der Waals surface area contributed by atoms with Gasteiger partial charge in [0.25, 0.3) is 0 Å². The first-order valence-electron chi connectivity index (χ1n) is 13.2. The lowest BCUT2D eigenvalue weighted by atomic mass is 9.34. The molecule has 0 aromatic carbocycles. The maximum atomic E-state index is 13.9. The number of carboxylic acids is 1. The number of carbonyl (C=O) groups is 3. The Bertz CT molecular complexity index is 936. The highest BCUT2D eigenvalue weighted by Gasteiger charge is 2.73. The Balaban J connectivity index is 1.64. The smallest absolute Gasteiger partial charge is 0.309 e. The van der Waals surface area contributed by atoms with Gasteiger partial charge in [-0.05, 0) is 74.0 Å². The monoisotopic (exact) mass is 455 g/mol. The van der Waals surface area contributed by atoms with Crippen LogP contribution in [0.1, 0.15) is 80.1 Å². The Morgan fingerprint density at radius 3 is 2.39 bits per heavy atom. The lowest BCUT2D eigenvalue weighted by molar-refractivity contribution is -0.194. The molecule has 1 heterocycles. The first-order valence-corrected chi connectivity index (χ1v) is 13.2. The number of aliphatic carboxylic acids is 1. The molecule has 0 radical (unpaired) electrons. The Morgan fingerprint density at radius 2 is 1.79 bits per heavy atom. The summed E-state index contributed by atoms with van der Waals surface area (Å²) < 4.78 is 0. The van der Waals surface area contributed by atoms with E-state index in [2.05, 4.69) is 40.7 Å². The summed E-state index contributed by atoms with van der Waals surface area (Å²) in [5, 5.41) is 10.2. The van der Waals surface area contributed by atoms with Crippen molar-refractivity contribution in [1.82, 2.24) is 4.90 Å². The molecule has 182 valence electrons. The molecule has 2 bridgehead atoms. The molecule has 4 fully saturated rings. The lowest BCUT2D eigenvalue weighted by Gasteiger charge is -2.68. The van der Waals surface area contributed by atoms with Crippen LogP contribution in [-0.2, 0) is 14.4 Å². The van der Waals surface area contributed by atoms with Gasteiger partial charge in [-0.1, -0.05) is 52.7 Å². The van der Waals surface area contributed by atoms with E-state index in [0.29, 0.717) is 12.5 Å². The van der Waals surface area contributed by atoms with Crippen molar-refractivity contribution < 1.29 is 19.5 Å². The minimum Gasteiger partial charge on any atom is -0.481 e. The molecule has 1 saturated heterocycles. The number of hydrogen-bond acceptors (Lipinski definition) is 3. The molecule has 5 heteroatoms. The first-order chi connectivity index (χ1) is 15.4. The number of hydrogen-bond donors (Lipinski definition) is 1. The second-order valence-corrected chi connectivity index (χ2v) is 13.2. The van der Waals surface area contributed by atoms with E-state index in [0.717, 1.165) is 38.5 Å². The van der Waals surface area contributed by atoms with E-state index in [1.165, 1.54) is 5.57 Å². The van der Waals surface area contributed by atoms with Crippen LogP contribution in [0.25, 0.3) is 0 Å². The van der Waals surface area contributed by atoms with Gasteiger partial charge in [0.1, 0.15) is 0 Å². The molecule has 8 atom stereocenters. The van der Waals surface area contributed by atoms with Gasteiger partial charge in [-0.3, -0.25) is 19.3 Å². The molecular weight excluding hydrogens is 414 g/mol. The topological polar surface area (TPSA) is 74.7 Å². The second-order valence-electron chi connectivity index (χ2n) is 13.2. The van der Waals surface area contributed by atoms with Gasteiger partial charge in [0.05, 0.1) is 17.3 Å². The predicted molar refractivity (Wildman–Crippen MR) is 126 cm³/mol. The number of fused-ring (bicyclic) bond motifs is 1. The molecule has 6 aliphatic rings. The Hall–Kier alpha value is -1.65. The van der Waals surface area contributed by atoms with Crippen molar-refractivity contribution >= 4 is 17.8 Å². The Kier molecular flexibility index (Phi) is 5.03. The number of carbonyl (C=O) groups excluding carboxylic acids is 2. The number of nitrogens with zero attached hydrogens (tertiary/aromatic N) is 1. The number of allylic oxidation sites excluding steroid dienone is 2. The normalized spacial score (nSPS) is 46.4. The van der Waals surface area contributed by atoms with Crippen LogP contribution < -0.4 is 0 Å². The van der Waals surface area contributed by atoms with Crippen LogP contribution in [0.3, 0.4) is 0 Å². The third kappa shape index (κ3) is 2.80. The summed E-state index contributed by atoms with van der Waals surface area (Å²) in [6.07, 6.45) is 7.74. The van der Waals surface area contributed by atoms with Gasteiger partial charge in [0, 0.05) is 12.0 Å². The molecule has 3 saturated carbocycles. The van der Waals surface area contributed by atoms with Crippen molar-refractivity contribution in [3.8, 4) is 0 Å². The summed E-state index contributed by atoms with van der Waals surface area (Å²) in [5.41, 5.74) is 0.258. The largest absolute Gasteiger partial charge is 0.481 e. The fourth-order valence-corrected chi connectivity index (χ4v) is 9.56. The Labute approximate surface area is 198 Å². The van der Waals surface area contributed by atoms with Crippen molar-refractivity contribution in [2.45, 2.75) is 80.1 Å². The predicted octanol–water partition coefficient (Wildman–Crippen LogP) is 5.15. The minimum atomic E-state index is -0.700. The van der Waals surface area contributed by atoms with Crippen molar-refractivity contribution in [3.05, 3.63) is 11.6 Å². The zero-order chi connectivity index (χ0) is 24.1. The van der Waals surface area contributed by atoms with Crippen LogP contribution in [0.15, 0.2) is 11.6 Å². The van der Waals surface area contributed by atoms with Crippen molar-refractivity contribution in [2.75, 3.05) is 6.54 Å². The molecular formula is C28H41NO4. The van der Waals surface area contributed by atoms with Crippen LogP contribution in [-0.4, -0.2) is 34.3 Å². The van der Waals surface area contributed by atoms with E-state index in [9.17, 15) is 19.5 Å². The second kappa shape index (κ2) is 7.18. The van der Waals surface area contributed by atoms with Crippen LogP contribution >= 0.6 is 0 Å². The number of imide groups is 1. The average molecular weight is 456 g/mol. The maximum absolute atomic E-state index is 13.9. The van der Waals surface area contributed by atoms with E-state index in [-0.39, 0.29) is 58.2 Å². The third-order valence-electron chi connectivity index (χ3n) is 10.8. The van der Waals surface area contributed by atoms with E-state index in [1.807, 2.05) is 6.92 Å². The lowest BCUT2D eigenvalue weighted by Crippen LogP contribution is -2.65. The molecule has 1 aliphatic heterocycles. The maximum Gasteiger partial charge on any atom is 0.309 e. The number of rotatable bonds is 4. The number of likely N-dealkylation sites (tertiary alicyclic amines) is 1. The highest BCUT2D eigenvalue weighted by molar-refractivity contribution is 6.06. The third-order valence-corrected chi connectivity index (χ3v) is 10.8. The molecule has 1 N–H and O–H groups in total. The fourth-order valence-electron chi connectivity index (χ4n) is 9.56. The molecule has 8 unspecified atom stereocenters. The van der Waals surface area contributed by atoms with E-state index >= 15 is 0 Å². The zero-order valence-electron chi connectivity index (χ0n) is 21.2. The first kappa shape index (κ1) is 23.1. The van der Waals surface area contributed by atoms with Gasteiger partial charge in [0.2, 0.25) is 11.8 Å². The quantitative estimate of drug-likeness (QED) is 0.470. The SMILES string of the molecule is CC(C)CN1C(=O)C2C3CC4C5(C)CCCC(C)(C(=O)O)C5CCC4(C=C3C(C)C)C2C1=O. The van der Waals surface area contributed by atoms with Crippen LogP contribution in [0.2, 0.25) is 0 Å². The van der Waals surface area contributed by atoms with Gasteiger partial charge < -0.3 is 5.11 Å². The van der Waals surface area contributed by atoms with Gasteiger partial charge in [-0.25, -0.2) is 0 Å². The van der Waals surface area contributed by atoms with Crippen LogP contribution in [0.5, 0.6) is 0 Å². The van der Waals surface area contributed by atoms with Crippen molar-refractivity contribution in [1.29, 1.82) is 0 Å². The molecule has 5 aliphatic carbocycles. The van der Waals surface area contributed by atoms with Gasteiger partial charge in [0.15, 0.2) is 0 Å². The summed E-state index contributed by atoms with van der Waals surface area (Å²) in [5.74, 6) is 0.0831.